The van der Waals surface area contributed by atoms with E-state index in [9.17, 15) is 5.11 Å². The fraction of sp³-hybridized carbons (Fsp3) is 0.600. The number of rotatable bonds is 4. The molecule has 0 amide bonds. The van der Waals surface area contributed by atoms with Gasteiger partial charge in [-0.25, -0.2) is 0 Å². The van der Waals surface area contributed by atoms with Gasteiger partial charge in [0.1, 0.15) is 0 Å². The van der Waals surface area contributed by atoms with Crippen LogP contribution in [0.1, 0.15) is 37.3 Å². The van der Waals surface area contributed by atoms with Crippen LogP contribution in [0.2, 0.25) is 0 Å². The SMILES string of the molecule is COc1cc(C(CN)N2CCCCCC2)ccc1O. The molecular formula is C15H24N2O2. The highest BCUT2D eigenvalue weighted by atomic mass is 16.5. The number of phenolic OH excluding ortho intramolecular Hbond substituents is 1. The molecule has 2 rings (SSSR count). The van der Waals surface area contributed by atoms with Crippen molar-refractivity contribution >= 4 is 0 Å². The number of benzene rings is 1. The second-order valence-electron chi connectivity index (χ2n) is 5.13. The number of methoxy groups -OCH3 is 1. The predicted molar refractivity (Wildman–Crippen MR) is 76.5 cm³/mol. The van der Waals surface area contributed by atoms with Crippen molar-refractivity contribution in [2.24, 2.45) is 5.73 Å². The Labute approximate surface area is 115 Å². The minimum Gasteiger partial charge on any atom is -0.504 e. The average Bonchev–Trinajstić information content (AvgIpc) is 2.70. The lowest BCUT2D eigenvalue weighted by molar-refractivity contribution is 0.209. The summed E-state index contributed by atoms with van der Waals surface area (Å²) < 4.78 is 5.18. The van der Waals surface area contributed by atoms with Gasteiger partial charge in [0.15, 0.2) is 11.5 Å². The summed E-state index contributed by atoms with van der Waals surface area (Å²) in [4.78, 5) is 2.46. The zero-order valence-corrected chi connectivity index (χ0v) is 11.6. The molecule has 1 aromatic rings. The first-order valence-corrected chi connectivity index (χ1v) is 7.07. The maximum Gasteiger partial charge on any atom is 0.160 e. The molecule has 0 aliphatic carbocycles. The molecule has 4 heteroatoms. The molecule has 1 saturated heterocycles. The van der Waals surface area contributed by atoms with Crippen LogP contribution >= 0.6 is 0 Å². The van der Waals surface area contributed by atoms with Crippen LogP contribution in [0, 0.1) is 0 Å². The molecule has 1 aliphatic heterocycles. The minimum atomic E-state index is 0.179. The van der Waals surface area contributed by atoms with Crippen molar-refractivity contribution in [1.29, 1.82) is 0 Å². The van der Waals surface area contributed by atoms with Gasteiger partial charge < -0.3 is 15.6 Å². The van der Waals surface area contributed by atoms with Gasteiger partial charge in [-0.2, -0.15) is 0 Å². The first-order valence-electron chi connectivity index (χ1n) is 7.07. The summed E-state index contributed by atoms with van der Waals surface area (Å²) in [6, 6.07) is 5.75. The van der Waals surface area contributed by atoms with E-state index >= 15 is 0 Å². The Balaban J connectivity index is 2.20. The van der Waals surface area contributed by atoms with E-state index in [-0.39, 0.29) is 11.8 Å². The van der Waals surface area contributed by atoms with Crippen molar-refractivity contribution in [3.8, 4) is 11.5 Å². The van der Waals surface area contributed by atoms with Crippen molar-refractivity contribution in [3.63, 3.8) is 0 Å². The van der Waals surface area contributed by atoms with Crippen LogP contribution in [0.25, 0.3) is 0 Å². The fourth-order valence-electron chi connectivity index (χ4n) is 2.80. The first-order chi connectivity index (χ1) is 9.26. The summed E-state index contributed by atoms with van der Waals surface area (Å²) in [5, 5.41) is 9.67. The Morgan fingerprint density at radius 3 is 2.53 bits per heavy atom. The number of hydrogen-bond donors (Lipinski definition) is 2. The van der Waals surface area contributed by atoms with E-state index in [1.807, 2.05) is 12.1 Å². The van der Waals surface area contributed by atoms with Gasteiger partial charge in [0.05, 0.1) is 7.11 Å². The summed E-state index contributed by atoms with van der Waals surface area (Å²) in [7, 11) is 1.57. The van der Waals surface area contributed by atoms with E-state index in [0.29, 0.717) is 12.3 Å². The lowest BCUT2D eigenvalue weighted by Gasteiger charge is -2.30. The summed E-state index contributed by atoms with van der Waals surface area (Å²) in [5.74, 6) is 0.698. The third kappa shape index (κ3) is 3.39. The molecule has 1 atom stereocenters. The van der Waals surface area contributed by atoms with Gasteiger partial charge in [-0.3, -0.25) is 4.90 Å². The highest BCUT2D eigenvalue weighted by molar-refractivity contribution is 5.42. The predicted octanol–water partition coefficient (Wildman–Crippen LogP) is 2.28. The molecule has 0 aromatic heterocycles. The topological polar surface area (TPSA) is 58.7 Å². The second-order valence-corrected chi connectivity index (χ2v) is 5.13. The quantitative estimate of drug-likeness (QED) is 0.876. The number of nitrogens with two attached hydrogens (primary N) is 1. The number of phenols is 1. The van der Waals surface area contributed by atoms with Crippen LogP contribution in [-0.4, -0.2) is 36.8 Å². The van der Waals surface area contributed by atoms with E-state index in [4.69, 9.17) is 10.5 Å². The van der Waals surface area contributed by atoms with Gasteiger partial charge >= 0.3 is 0 Å². The van der Waals surface area contributed by atoms with Gasteiger partial charge in [0.25, 0.3) is 0 Å². The molecule has 0 saturated carbocycles. The van der Waals surface area contributed by atoms with Gasteiger partial charge in [-0.1, -0.05) is 18.9 Å². The molecule has 1 fully saturated rings. The number of nitrogens with zero attached hydrogens (tertiary/aromatic N) is 1. The Morgan fingerprint density at radius 2 is 1.95 bits per heavy atom. The third-order valence-corrected chi connectivity index (χ3v) is 3.89. The summed E-state index contributed by atoms with van der Waals surface area (Å²) in [6.45, 7) is 2.80. The lowest BCUT2D eigenvalue weighted by atomic mass is 10.0. The summed E-state index contributed by atoms with van der Waals surface area (Å²) >= 11 is 0. The highest BCUT2D eigenvalue weighted by Gasteiger charge is 2.21. The smallest absolute Gasteiger partial charge is 0.160 e. The van der Waals surface area contributed by atoms with Crippen molar-refractivity contribution in [3.05, 3.63) is 23.8 Å². The van der Waals surface area contributed by atoms with E-state index < -0.39 is 0 Å². The molecule has 4 nitrogen and oxygen atoms in total. The third-order valence-electron chi connectivity index (χ3n) is 3.89. The van der Waals surface area contributed by atoms with Crippen LogP contribution in [0.4, 0.5) is 0 Å². The molecule has 0 radical (unpaired) electrons. The van der Waals surface area contributed by atoms with E-state index in [2.05, 4.69) is 4.90 Å². The maximum absolute atomic E-state index is 9.67. The van der Waals surface area contributed by atoms with Crippen LogP contribution < -0.4 is 10.5 Å². The first kappa shape index (κ1) is 14.2. The molecule has 19 heavy (non-hydrogen) atoms. The molecule has 3 N–H and O–H groups in total. The molecule has 1 aliphatic rings. The monoisotopic (exact) mass is 264 g/mol. The zero-order valence-electron chi connectivity index (χ0n) is 11.6. The van der Waals surface area contributed by atoms with Crippen LogP contribution in [0.15, 0.2) is 18.2 Å². The largest absolute Gasteiger partial charge is 0.504 e. The number of hydrogen-bond acceptors (Lipinski definition) is 4. The average molecular weight is 264 g/mol. The maximum atomic E-state index is 9.67. The number of aromatic hydroxyl groups is 1. The number of likely N-dealkylation sites (tertiary alicyclic amines) is 1. The lowest BCUT2D eigenvalue weighted by Crippen LogP contribution is -2.34. The van der Waals surface area contributed by atoms with Crippen LogP contribution in [-0.2, 0) is 0 Å². The minimum absolute atomic E-state index is 0.179. The van der Waals surface area contributed by atoms with Crippen molar-refractivity contribution in [1.82, 2.24) is 4.90 Å². The van der Waals surface area contributed by atoms with Crippen molar-refractivity contribution in [2.45, 2.75) is 31.7 Å². The molecule has 106 valence electrons. The molecule has 1 unspecified atom stereocenters. The van der Waals surface area contributed by atoms with E-state index in [1.54, 1.807) is 13.2 Å². The van der Waals surface area contributed by atoms with E-state index in [1.165, 1.54) is 25.7 Å². The molecule has 1 aromatic carbocycles. The molecule has 0 spiro atoms. The Hall–Kier alpha value is -1.26. The van der Waals surface area contributed by atoms with Gasteiger partial charge in [0, 0.05) is 12.6 Å². The molecule has 1 heterocycles. The Bertz CT molecular complexity index is 401. The normalized spacial score (nSPS) is 18.8. The van der Waals surface area contributed by atoms with Crippen LogP contribution in [0.5, 0.6) is 11.5 Å². The van der Waals surface area contributed by atoms with Gasteiger partial charge in [0.2, 0.25) is 0 Å². The molecular weight excluding hydrogens is 240 g/mol. The van der Waals surface area contributed by atoms with Crippen molar-refractivity contribution in [2.75, 3.05) is 26.7 Å². The van der Waals surface area contributed by atoms with Gasteiger partial charge in [-0.15, -0.1) is 0 Å². The Kier molecular flexibility index (Phi) is 5.05. The fourth-order valence-corrected chi connectivity index (χ4v) is 2.80. The van der Waals surface area contributed by atoms with Gasteiger partial charge in [-0.05, 0) is 43.6 Å². The highest BCUT2D eigenvalue weighted by Crippen LogP contribution is 2.31. The number of ether oxygens (including phenoxy) is 1. The standard InChI is InChI=1S/C15H24N2O2/c1-19-15-10-12(6-7-14(15)18)13(11-16)17-8-4-2-3-5-9-17/h6-7,10,13,18H,2-5,8-9,11,16H2,1H3. The summed E-state index contributed by atoms with van der Waals surface area (Å²) in [6.07, 6.45) is 5.11. The van der Waals surface area contributed by atoms with Crippen molar-refractivity contribution < 1.29 is 9.84 Å². The summed E-state index contributed by atoms with van der Waals surface area (Å²) in [5.41, 5.74) is 7.10. The Morgan fingerprint density at radius 1 is 1.26 bits per heavy atom. The zero-order chi connectivity index (χ0) is 13.7. The van der Waals surface area contributed by atoms with Crippen LogP contribution in [0.3, 0.4) is 0 Å². The molecule has 0 bridgehead atoms. The van der Waals surface area contributed by atoms with E-state index in [0.717, 1.165) is 18.7 Å². The second kappa shape index (κ2) is 6.78.